The lowest BCUT2D eigenvalue weighted by Crippen LogP contribution is -2.21. The van der Waals surface area contributed by atoms with Crippen LogP contribution in [0.15, 0.2) is 40.9 Å². The molecule has 0 radical (unpaired) electrons. The zero-order valence-electron chi connectivity index (χ0n) is 13.9. The van der Waals surface area contributed by atoms with Crippen LogP contribution in [0.4, 0.5) is 5.69 Å². The molecule has 0 amide bonds. The first-order chi connectivity index (χ1) is 11.6. The molecule has 0 saturated heterocycles. The predicted octanol–water partition coefficient (Wildman–Crippen LogP) is 7.39. The van der Waals surface area contributed by atoms with Crippen molar-refractivity contribution >= 4 is 75.0 Å². The van der Waals surface area contributed by atoms with Gasteiger partial charge in [-0.2, -0.15) is 0 Å². The lowest BCUT2D eigenvalue weighted by Gasteiger charge is -2.23. The fourth-order valence-corrected chi connectivity index (χ4v) is 5.01. The summed E-state index contributed by atoms with van der Waals surface area (Å²) in [7, 11) is 0. The highest BCUT2D eigenvalue weighted by molar-refractivity contribution is 9.10. The van der Waals surface area contributed by atoms with Crippen LogP contribution in [0, 0.1) is 0 Å². The van der Waals surface area contributed by atoms with Crippen molar-refractivity contribution < 1.29 is 0 Å². The molecule has 0 aliphatic carbocycles. The average molecular weight is 514 g/mol. The molecule has 0 spiro atoms. The van der Waals surface area contributed by atoms with E-state index in [1.165, 1.54) is 38.4 Å². The molecule has 0 atom stereocenters. The number of hydrogen-bond acceptors (Lipinski definition) is 1. The van der Waals surface area contributed by atoms with Crippen molar-refractivity contribution in [1.29, 1.82) is 0 Å². The van der Waals surface area contributed by atoms with Gasteiger partial charge in [0.1, 0.15) is 0 Å². The van der Waals surface area contributed by atoms with E-state index in [2.05, 4.69) is 103 Å². The van der Waals surface area contributed by atoms with E-state index < -0.39 is 0 Å². The molecule has 3 aromatic rings. The van der Waals surface area contributed by atoms with E-state index in [9.17, 15) is 0 Å². The Bertz CT molecular complexity index is 885. The normalized spacial score (nSPS) is 11.4. The third-order valence-electron chi connectivity index (χ3n) is 4.68. The number of fused-ring (bicyclic) bond motifs is 2. The average Bonchev–Trinajstić information content (AvgIpc) is 2.60. The van der Waals surface area contributed by atoms with E-state index in [1.807, 2.05) is 0 Å². The molecule has 0 aromatic heterocycles. The van der Waals surface area contributed by atoms with E-state index in [1.54, 1.807) is 0 Å². The third-order valence-corrected chi connectivity index (χ3v) is 6.30. The van der Waals surface area contributed by atoms with Crippen LogP contribution in [0.25, 0.3) is 21.5 Å². The summed E-state index contributed by atoms with van der Waals surface area (Å²) in [5.41, 5.74) is 4.02. The van der Waals surface area contributed by atoms with Crippen LogP contribution in [0.3, 0.4) is 0 Å². The highest BCUT2D eigenvalue weighted by atomic mass is 79.9. The van der Waals surface area contributed by atoms with Crippen LogP contribution in [0.1, 0.15) is 25.0 Å². The standard InChI is InChI=1S/C20H20Br3N/c1-3-24(4-2)14-6-8-16-18(10-14)20(12-22)15-7-5-13(23)9-17(15)19(16)11-21/h5-10H,3-4,11-12H2,1-2H3. The minimum absolute atomic E-state index is 0.851. The molecule has 0 saturated carbocycles. The smallest absolute Gasteiger partial charge is 0.0372 e. The van der Waals surface area contributed by atoms with Gasteiger partial charge in [0.05, 0.1) is 0 Å². The SMILES string of the molecule is CCN(CC)c1ccc2c(CBr)c3cc(Br)ccc3c(CBr)c2c1. The Labute approximate surface area is 168 Å². The lowest BCUT2D eigenvalue weighted by atomic mass is 9.92. The molecule has 3 aromatic carbocycles. The number of halogens is 3. The van der Waals surface area contributed by atoms with Crippen molar-refractivity contribution in [2.75, 3.05) is 18.0 Å². The molecular weight excluding hydrogens is 494 g/mol. The van der Waals surface area contributed by atoms with Crippen LogP contribution < -0.4 is 4.90 Å². The minimum atomic E-state index is 0.851. The maximum atomic E-state index is 3.72. The summed E-state index contributed by atoms with van der Waals surface area (Å²) in [6, 6.07) is 13.5. The van der Waals surface area contributed by atoms with Gasteiger partial charge < -0.3 is 4.90 Å². The van der Waals surface area contributed by atoms with Crippen LogP contribution in [-0.2, 0) is 10.7 Å². The number of hydrogen-bond donors (Lipinski definition) is 0. The molecule has 0 bridgehead atoms. The zero-order valence-corrected chi connectivity index (χ0v) is 18.6. The van der Waals surface area contributed by atoms with Crippen LogP contribution in [0.2, 0.25) is 0 Å². The van der Waals surface area contributed by atoms with Gasteiger partial charge >= 0.3 is 0 Å². The first-order valence-corrected chi connectivity index (χ1v) is 11.2. The summed E-state index contributed by atoms with van der Waals surface area (Å²) in [6.45, 7) is 6.47. The second-order valence-electron chi connectivity index (χ2n) is 5.82. The Balaban J connectivity index is 2.42. The number of anilines is 1. The van der Waals surface area contributed by atoms with Gasteiger partial charge in [-0.15, -0.1) is 0 Å². The van der Waals surface area contributed by atoms with E-state index in [-0.39, 0.29) is 0 Å². The fourth-order valence-electron chi connectivity index (χ4n) is 3.44. The van der Waals surface area contributed by atoms with Crippen molar-refractivity contribution in [3.63, 3.8) is 0 Å². The summed E-state index contributed by atoms with van der Waals surface area (Å²) >= 11 is 11.1. The molecule has 0 N–H and O–H groups in total. The molecular formula is C20H20Br3N. The largest absolute Gasteiger partial charge is 0.372 e. The first-order valence-electron chi connectivity index (χ1n) is 8.18. The van der Waals surface area contributed by atoms with Crippen molar-refractivity contribution in [3.8, 4) is 0 Å². The number of nitrogens with zero attached hydrogens (tertiary/aromatic N) is 1. The molecule has 0 fully saturated rings. The van der Waals surface area contributed by atoms with Crippen molar-refractivity contribution in [2.45, 2.75) is 24.5 Å². The predicted molar refractivity (Wildman–Crippen MR) is 118 cm³/mol. The zero-order chi connectivity index (χ0) is 17.3. The molecule has 0 unspecified atom stereocenters. The van der Waals surface area contributed by atoms with Gasteiger partial charge in [-0.25, -0.2) is 0 Å². The summed E-state index contributed by atoms with van der Waals surface area (Å²) in [4.78, 5) is 2.40. The van der Waals surface area contributed by atoms with Crippen molar-refractivity contribution in [1.82, 2.24) is 0 Å². The van der Waals surface area contributed by atoms with E-state index in [0.717, 1.165) is 28.2 Å². The van der Waals surface area contributed by atoms with E-state index in [4.69, 9.17) is 0 Å². The quantitative estimate of drug-likeness (QED) is 0.254. The monoisotopic (exact) mass is 511 g/mol. The van der Waals surface area contributed by atoms with Crippen molar-refractivity contribution in [3.05, 3.63) is 52.0 Å². The highest BCUT2D eigenvalue weighted by Crippen LogP contribution is 2.38. The molecule has 0 heterocycles. The van der Waals surface area contributed by atoms with Crippen LogP contribution >= 0.6 is 47.8 Å². The van der Waals surface area contributed by atoms with Gasteiger partial charge in [0.25, 0.3) is 0 Å². The molecule has 0 aliphatic rings. The Kier molecular flexibility index (Phi) is 5.89. The second-order valence-corrected chi connectivity index (χ2v) is 7.85. The summed E-state index contributed by atoms with van der Waals surface area (Å²) in [5, 5.41) is 7.03. The van der Waals surface area contributed by atoms with E-state index >= 15 is 0 Å². The van der Waals surface area contributed by atoms with Crippen LogP contribution in [0.5, 0.6) is 0 Å². The number of alkyl halides is 2. The van der Waals surface area contributed by atoms with Gasteiger partial charge in [0.15, 0.2) is 0 Å². The Morgan fingerprint density at radius 1 is 0.750 bits per heavy atom. The summed E-state index contributed by atoms with van der Waals surface area (Å²) in [5.74, 6) is 0. The number of benzene rings is 3. The molecule has 3 rings (SSSR count). The third kappa shape index (κ3) is 3.13. The molecule has 24 heavy (non-hydrogen) atoms. The van der Waals surface area contributed by atoms with Gasteiger partial charge in [-0.3, -0.25) is 0 Å². The van der Waals surface area contributed by atoms with Gasteiger partial charge in [-0.05, 0) is 70.8 Å². The summed E-state index contributed by atoms with van der Waals surface area (Å²) < 4.78 is 1.12. The highest BCUT2D eigenvalue weighted by Gasteiger charge is 2.14. The maximum Gasteiger partial charge on any atom is 0.0372 e. The molecule has 126 valence electrons. The summed E-state index contributed by atoms with van der Waals surface area (Å²) in [6.07, 6.45) is 0. The van der Waals surface area contributed by atoms with Crippen molar-refractivity contribution in [2.24, 2.45) is 0 Å². The Hall–Kier alpha value is -0.580. The fraction of sp³-hybridized carbons (Fsp3) is 0.300. The van der Waals surface area contributed by atoms with Gasteiger partial charge in [0, 0.05) is 33.9 Å². The minimum Gasteiger partial charge on any atom is -0.372 e. The van der Waals surface area contributed by atoms with Gasteiger partial charge in [-0.1, -0.05) is 59.9 Å². The van der Waals surface area contributed by atoms with Gasteiger partial charge in [0.2, 0.25) is 0 Å². The van der Waals surface area contributed by atoms with E-state index in [0.29, 0.717) is 0 Å². The number of rotatable bonds is 5. The topological polar surface area (TPSA) is 3.24 Å². The molecule has 4 heteroatoms. The second kappa shape index (κ2) is 7.76. The molecule has 0 aliphatic heterocycles. The lowest BCUT2D eigenvalue weighted by molar-refractivity contribution is 0.867. The maximum absolute atomic E-state index is 3.72. The Morgan fingerprint density at radius 2 is 1.29 bits per heavy atom. The Morgan fingerprint density at radius 3 is 1.83 bits per heavy atom. The first kappa shape index (κ1) is 18.2. The van der Waals surface area contributed by atoms with Crippen LogP contribution in [-0.4, -0.2) is 13.1 Å². The molecule has 1 nitrogen and oxygen atoms in total.